The third-order valence-corrected chi connectivity index (χ3v) is 3.77. The Morgan fingerprint density at radius 2 is 2.11 bits per heavy atom. The summed E-state index contributed by atoms with van der Waals surface area (Å²) in [7, 11) is 0. The van der Waals surface area contributed by atoms with Gasteiger partial charge < -0.3 is 5.32 Å². The van der Waals surface area contributed by atoms with Gasteiger partial charge in [-0.15, -0.1) is 11.3 Å². The summed E-state index contributed by atoms with van der Waals surface area (Å²) in [5, 5.41) is 6.71. The number of thiazole rings is 1. The molecule has 0 atom stereocenters. The first-order chi connectivity index (χ1) is 8.70. The highest BCUT2D eigenvalue weighted by atomic mass is 32.1. The first kappa shape index (κ1) is 13.2. The number of rotatable bonds is 5. The standard InChI is InChI=1S/C15H20N2S/c1-4-7-16-9-15-17-14(10-18-15)13-8-11(2)5-6-12(13)3/h5-6,8,10,16H,4,7,9H2,1-3H3. The highest BCUT2D eigenvalue weighted by Gasteiger charge is 2.07. The number of hydrogen-bond acceptors (Lipinski definition) is 3. The van der Waals surface area contributed by atoms with Crippen molar-refractivity contribution in [3.63, 3.8) is 0 Å². The second kappa shape index (κ2) is 6.12. The van der Waals surface area contributed by atoms with Crippen LogP contribution in [0.4, 0.5) is 0 Å². The second-order valence-electron chi connectivity index (χ2n) is 4.62. The molecule has 0 aliphatic carbocycles. The number of aryl methyl sites for hydroxylation is 2. The Labute approximate surface area is 113 Å². The van der Waals surface area contributed by atoms with Crippen molar-refractivity contribution in [2.24, 2.45) is 0 Å². The van der Waals surface area contributed by atoms with Gasteiger partial charge in [0.05, 0.1) is 5.69 Å². The zero-order valence-electron chi connectivity index (χ0n) is 11.3. The fourth-order valence-electron chi connectivity index (χ4n) is 1.90. The first-order valence-electron chi connectivity index (χ1n) is 6.43. The zero-order chi connectivity index (χ0) is 13.0. The van der Waals surface area contributed by atoms with Crippen LogP contribution >= 0.6 is 11.3 Å². The topological polar surface area (TPSA) is 24.9 Å². The molecule has 0 spiro atoms. The van der Waals surface area contributed by atoms with E-state index in [9.17, 15) is 0 Å². The van der Waals surface area contributed by atoms with E-state index in [-0.39, 0.29) is 0 Å². The Balaban J connectivity index is 2.16. The van der Waals surface area contributed by atoms with Gasteiger partial charge in [-0.1, -0.05) is 24.6 Å². The monoisotopic (exact) mass is 260 g/mol. The molecule has 1 N–H and O–H groups in total. The van der Waals surface area contributed by atoms with Crippen LogP contribution in [0.5, 0.6) is 0 Å². The van der Waals surface area contributed by atoms with Crippen molar-refractivity contribution in [1.82, 2.24) is 10.3 Å². The van der Waals surface area contributed by atoms with Crippen molar-refractivity contribution in [3.05, 3.63) is 39.7 Å². The lowest BCUT2D eigenvalue weighted by Crippen LogP contribution is -2.13. The molecule has 0 saturated carbocycles. The lowest BCUT2D eigenvalue weighted by atomic mass is 10.0. The van der Waals surface area contributed by atoms with Crippen LogP contribution in [0.3, 0.4) is 0 Å². The van der Waals surface area contributed by atoms with Crippen LogP contribution in [0.2, 0.25) is 0 Å². The van der Waals surface area contributed by atoms with E-state index in [4.69, 9.17) is 4.98 Å². The third-order valence-electron chi connectivity index (χ3n) is 2.92. The average Bonchev–Trinajstić information content (AvgIpc) is 2.81. The Bertz CT molecular complexity index is 517. The van der Waals surface area contributed by atoms with Gasteiger partial charge in [0, 0.05) is 17.5 Å². The summed E-state index contributed by atoms with van der Waals surface area (Å²) >= 11 is 1.74. The number of hydrogen-bond donors (Lipinski definition) is 1. The van der Waals surface area contributed by atoms with Crippen molar-refractivity contribution < 1.29 is 0 Å². The van der Waals surface area contributed by atoms with Gasteiger partial charge in [-0.05, 0) is 38.4 Å². The van der Waals surface area contributed by atoms with Gasteiger partial charge in [-0.3, -0.25) is 0 Å². The molecule has 3 heteroatoms. The maximum Gasteiger partial charge on any atom is 0.107 e. The van der Waals surface area contributed by atoms with Crippen LogP contribution in [-0.2, 0) is 6.54 Å². The van der Waals surface area contributed by atoms with Crippen LogP contribution in [0, 0.1) is 13.8 Å². The molecular formula is C15H20N2S. The molecule has 0 bridgehead atoms. The molecule has 0 fully saturated rings. The summed E-state index contributed by atoms with van der Waals surface area (Å²) in [6.45, 7) is 8.38. The largest absolute Gasteiger partial charge is 0.310 e. The molecule has 1 aromatic carbocycles. The lowest BCUT2D eigenvalue weighted by Gasteiger charge is -2.04. The summed E-state index contributed by atoms with van der Waals surface area (Å²) in [5.41, 5.74) is 4.94. The molecule has 0 radical (unpaired) electrons. The minimum atomic E-state index is 0.878. The normalized spacial score (nSPS) is 10.8. The zero-order valence-corrected chi connectivity index (χ0v) is 12.1. The van der Waals surface area contributed by atoms with E-state index in [1.807, 2.05) is 0 Å². The number of nitrogens with zero attached hydrogens (tertiary/aromatic N) is 1. The van der Waals surface area contributed by atoms with Crippen LogP contribution in [0.25, 0.3) is 11.3 Å². The lowest BCUT2D eigenvalue weighted by molar-refractivity contribution is 0.673. The van der Waals surface area contributed by atoms with Gasteiger partial charge in [-0.2, -0.15) is 0 Å². The summed E-state index contributed by atoms with van der Waals surface area (Å²) in [6, 6.07) is 6.53. The predicted molar refractivity (Wildman–Crippen MR) is 79.0 cm³/mol. The van der Waals surface area contributed by atoms with E-state index in [0.717, 1.165) is 25.2 Å². The quantitative estimate of drug-likeness (QED) is 0.824. The van der Waals surface area contributed by atoms with Gasteiger partial charge in [-0.25, -0.2) is 4.98 Å². The molecule has 0 saturated heterocycles. The van der Waals surface area contributed by atoms with Crippen molar-refractivity contribution in [1.29, 1.82) is 0 Å². The van der Waals surface area contributed by atoms with E-state index >= 15 is 0 Å². The molecule has 1 heterocycles. The summed E-state index contributed by atoms with van der Waals surface area (Å²) in [4.78, 5) is 4.71. The predicted octanol–water partition coefficient (Wildman–Crippen LogP) is 3.93. The Kier molecular flexibility index (Phi) is 4.50. The summed E-state index contributed by atoms with van der Waals surface area (Å²) in [6.07, 6.45) is 1.16. The fourth-order valence-corrected chi connectivity index (χ4v) is 2.66. The SMILES string of the molecule is CCCNCc1nc(-c2cc(C)ccc2C)cs1. The van der Waals surface area contributed by atoms with Crippen LogP contribution < -0.4 is 5.32 Å². The Morgan fingerprint density at radius 3 is 2.89 bits per heavy atom. The van der Waals surface area contributed by atoms with Crippen molar-refractivity contribution in [2.75, 3.05) is 6.54 Å². The average molecular weight is 260 g/mol. The highest BCUT2D eigenvalue weighted by molar-refractivity contribution is 7.09. The molecule has 0 aliphatic heterocycles. The Morgan fingerprint density at radius 1 is 1.28 bits per heavy atom. The molecule has 96 valence electrons. The molecule has 2 aromatic rings. The van der Waals surface area contributed by atoms with E-state index in [1.54, 1.807) is 11.3 Å². The van der Waals surface area contributed by atoms with Gasteiger partial charge in [0.15, 0.2) is 0 Å². The number of benzene rings is 1. The molecule has 18 heavy (non-hydrogen) atoms. The molecule has 1 aromatic heterocycles. The third kappa shape index (κ3) is 3.18. The number of nitrogens with one attached hydrogen (secondary N) is 1. The number of aromatic nitrogens is 1. The first-order valence-corrected chi connectivity index (χ1v) is 7.31. The second-order valence-corrected chi connectivity index (χ2v) is 5.56. The van der Waals surface area contributed by atoms with Gasteiger partial charge in [0.25, 0.3) is 0 Å². The molecule has 2 rings (SSSR count). The Hall–Kier alpha value is -1.19. The van der Waals surface area contributed by atoms with Crippen molar-refractivity contribution in [2.45, 2.75) is 33.7 Å². The molecule has 0 unspecified atom stereocenters. The molecular weight excluding hydrogens is 240 g/mol. The maximum absolute atomic E-state index is 4.71. The van der Waals surface area contributed by atoms with E-state index < -0.39 is 0 Å². The van der Waals surface area contributed by atoms with Crippen molar-refractivity contribution >= 4 is 11.3 Å². The summed E-state index contributed by atoms with van der Waals surface area (Å²) < 4.78 is 0. The minimum Gasteiger partial charge on any atom is -0.310 e. The molecule has 2 nitrogen and oxygen atoms in total. The highest BCUT2D eigenvalue weighted by Crippen LogP contribution is 2.26. The van der Waals surface area contributed by atoms with Gasteiger partial charge in [0.2, 0.25) is 0 Å². The fraction of sp³-hybridized carbons (Fsp3) is 0.400. The van der Waals surface area contributed by atoms with Gasteiger partial charge in [0.1, 0.15) is 5.01 Å². The summed E-state index contributed by atoms with van der Waals surface area (Å²) in [5.74, 6) is 0. The maximum atomic E-state index is 4.71. The van der Waals surface area contributed by atoms with Crippen LogP contribution in [0.1, 0.15) is 29.5 Å². The van der Waals surface area contributed by atoms with Crippen LogP contribution in [-0.4, -0.2) is 11.5 Å². The van der Waals surface area contributed by atoms with Gasteiger partial charge >= 0.3 is 0 Å². The van der Waals surface area contributed by atoms with E-state index in [2.05, 4.69) is 49.7 Å². The minimum absolute atomic E-state index is 0.878. The molecule has 0 aliphatic rings. The van der Waals surface area contributed by atoms with E-state index in [1.165, 1.54) is 21.7 Å². The van der Waals surface area contributed by atoms with Crippen LogP contribution in [0.15, 0.2) is 23.6 Å². The van der Waals surface area contributed by atoms with E-state index in [0.29, 0.717) is 0 Å². The van der Waals surface area contributed by atoms with Crippen molar-refractivity contribution in [3.8, 4) is 11.3 Å². The smallest absolute Gasteiger partial charge is 0.107 e. The molecule has 0 amide bonds.